The number of nitrogens with zero attached hydrogens (tertiary/aromatic N) is 2. The standard InChI is InChI=1S/C21H24N4O/c1-15-7-2-3-8-16(15)13-22-20(26)17-9-6-12-25(14-17)21-23-18-10-4-5-11-19(18)24-21/h2-5,7-8,10-11,17H,6,9,12-14H2,1H3,(H,22,26)(H,23,24)/t17-/m0/s1. The van der Waals surface area contributed by atoms with E-state index in [4.69, 9.17) is 0 Å². The quantitative estimate of drug-likeness (QED) is 0.760. The van der Waals surface area contributed by atoms with Gasteiger partial charge in [-0.3, -0.25) is 4.79 Å². The average molecular weight is 348 g/mol. The summed E-state index contributed by atoms with van der Waals surface area (Å²) in [6, 6.07) is 16.2. The Balaban J connectivity index is 1.41. The number of piperidine rings is 1. The van der Waals surface area contributed by atoms with Gasteiger partial charge in [-0.1, -0.05) is 36.4 Å². The van der Waals surface area contributed by atoms with Crippen molar-refractivity contribution in [2.75, 3.05) is 18.0 Å². The van der Waals surface area contributed by atoms with E-state index in [0.717, 1.165) is 36.4 Å². The molecule has 0 bridgehead atoms. The second kappa shape index (κ2) is 7.20. The molecule has 2 aromatic carbocycles. The molecular weight excluding hydrogens is 324 g/mol. The van der Waals surface area contributed by atoms with Gasteiger partial charge < -0.3 is 15.2 Å². The Morgan fingerprint density at radius 1 is 1.23 bits per heavy atom. The van der Waals surface area contributed by atoms with E-state index in [0.29, 0.717) is 13.1 Å². The van der Waals surface area contributed by atoms with E-state index < -0.39 is 0 Å². The highest BCUT2D eigenvalue weighted by Crippen LogP contribution is 2.23. The second-order valence-electron chi connectivity index (χ2n) is 7.01. The molecule has 1 aliphatic heterocycles. The topological polar surface area (TPSA) is 61.0 Å². The lowest BCUT2D eigenvalue weighted by atomic mass is 9.97. The largest absolute Gasteiger partial charge is 0.352 e. The summed E-state index contributed by atoms with van der Waals surface area (Å²) < 4.78 is 0. The Hall–Kier alpha value is -2.82. The number of fused-ring (bicyclic) bond motifs is 1. The number of nitrogens with one attached hydrogen (secondary N) is 2. The van der Waals surface area contributed by atoms with Crippen LogP contribution in [0.3, 0.4) is 0 Å². The summed E-state index contributed by atoms with van der Waals surface area (Å²) in [6.45, 7) is 4.30. The van der Waals surface area contributed by atoms with Gasteiger partial charge in [0, 0.05) is 19.6 Å². The molecule has 2 N–H and O–H groups in total. The maximum absolute atomic E-state index is 12.7. The van der Waals surface area contributed by atoms with E-state index in [1.807, 2.05) is 36.4 Å². The zero-order valence-electron chi connectivity index (χ0n) is 15.0. The van der Waals surface area contributed by atoms with Crippen molar-refractivity contribution in [3.8, 4) is 0 Å². The molecule has 0 aliphatic carbocycles. The zero-order valence-corrected chi connectivity index (χ0v) is 15.0. The highest BCUT2D eigenvalue weighted by molar-refractivity contribution is 5.80. The minimum atomic E-state index is 0.000908. The normalized spacial score (nSPS) is 17.4. The van der Waals surface area contributed by atoms with Crippen LogP contribution in [0.15, 0.2) is 48.5 Å². The number of hydrogen-bond donors (Lipinski definition) is 2. The molecule has 1 saturated heterocycles. The third kappa shape index (κ3) is 3.43. The minimum absolute atomic E-state index is 0.000908. The lowest BCUT2D eigenvalue weighted by Gasteiger charge is -2.31. The number of carbonyl (C=O) groups is 1. The van der Waals surface area contributed by atoms with Crippen LogP contribution in [0.4, 0.5) is 5.95 Å². The molecule has 0 unspecified atom stereocenters. The van der Waals surface area contributed by atoms with Crippen molar-refractivity contribution in [2.45, 2.75) is 26.3 Å². The summed E-state index contributed by atoms with van der Waals surface area (Å²) >= 11 is 0. The molecule has 0 saturated carbocycles. The number of anilines is 1. The van der Waals surface area contributed by atoms with Crippen LogP contribution >= 0.6 is 0 Å². The molecular formula is C21H24N4O. The van der Waals surface area contributed by atoms with Crippen molar-refractivity contribution in [2.24, 2.45) is 5.92 Å². The van der Waals surface area contributed by atoms with E-state index in [2.05, 4.69) is 39.2 Å². The lowest BCUT2D eigenvalue weighted by Crippen LogP contribution is -2.43. The van der Waals surface area contributed by atoms with Crippen LogP contribution in [0.2, 0.25) is 0 Å². The number of benzene rings is 2. The second-order valence-corrected chi connectivity index (χ2v) is 7.01. The Morgan fingerprint density at radius 3 is 2.88 bits per heavy atom. The van der Waals surface area contributed by atoms with E-state index >= 15 is 0 Å². The number of aromatic nitrogens is 2. The van der Waals surface area contributed by atoms with Crippen molar-refractivity contribution < 1.29 is 4.79 Å². The molecule has 26 heavy (non-hydrogen) atoms. The maximum Gasteiger partial charge on any atom is 0.225 e. The first kappa shape index (κ1) is 16.6. The SMILES string of the molecule is Cc1ccccc1CNC(=O)[C@H]1CCCN(c2nc3ccccc3[nH]2)C1. The highest BCUT2D eigenvalue weighted by Gasteiger charge is 2.27. The predicted octanol–water partition coefficient (Wildman–Crippen LogP) is 3.40. The Bertz CT molecular complexity index is 884. The van der Waals surface area contributed by atoms with Gasteiger partial charge in [0.2, 0.25) is 11.9 Å². The molecule has 0 radical (unpaired) electrons. The third-order valence-corrected chi connectivity index (χ3v) is 5.18. The van der Waals surface area contributed by atoms with E-state index in [1.54, 1.807) is 0 Å². The van der Waals surface area contributed by atoms with E-state index in [-0.39, 0.29) is 11.8 Å². The molecule has 1 amide bonds. The van der Waals surface area contributed by atoms with Gasteiger partial charge in [0.1, 0.15) is 0 Å². The van der Waals surface area contributed by atoms with Gasteiger partial charge in [0.25, 0.3) is 0 Å². The molecule has 4 rings (SSSR count). The third-order valence-electron chi connectivity index (χ3n) is 5.18. The lowest BCUT2D eigenvalue weighted by molar-refractivity contribution is -0.125. The van der Waals surface area contributed by atoms with Gasteiger partial charge >= 0.3 is 0 Å². The van der Waals surface area contributed by atoms with Crippen molar-refractivity contribution in [1.82, 2.24) is 15.3 Å². The summed E-state index contributed by atoms with van der Waals surface area (Å²) in [7, 11) is 0. The van der Waals surface area contributed by atoms with Crippen LogP contribution in [-0.2, 0) is 11.3 Å². The first-order chi connectivity index (χ1) is 12.7. The number of imidazole rings is 1. The molecule has 134 valence electrons. The van der Waals surface area contributed by atoms with E-state index in [1.165, 1.54) is 11.1 Å². The number of carbonyl (C=O) groups excluding carboxylic acids is 1. The molecule has 1 fully saturated rings. The fourth-order valence-corrected chi connectivity index (χ4v) is 3.61. The fourth-order valence-electron chi connectivity index (χ4n) is 3.61. The van der Waals surface area contributed by atoms with Gasteiger partial charge in [0.05, 0.1) is 17.0 Å². The summed E-state index contributed by atoms with van der Waals surface area (Å²) in [5.74, 6) is 0.998. The van der Waals surface area contributed by atoms with E-state index in [9.17, 15) is 4.79 Å². The maximum atomic E-state index is 12.7. The number of hydrogen-bond acceptors (Lipinski definition) is 3. The number of para-hydroxylation sites is 2. The number of amides is 1. The summed E-state index contributed by atoms with van der Waals surface area (Å²) in [6.07, 6.45) is 1.93. The number of H-pyrrole nitrogens is 1. The first-order valence-electron chi connectivity index (χ1n) is 9.22. The Morgan fingerprint density at radius 2 is 2.04 bits per heavy atom. The molecule has 1 aliphatic rings. The molecule has 1 aromatic heterocycles. The minimum Gasteiger partial charge on any atom is -0.352 e. The summed E-state index contributed by atoms with van der Waals surface area (Å²) in [5, 5.41) is 3.11. The smallest absolute Gasteiger partial charge is 0.225 e. The average Bonchev–Trinajstić information content (AvgIpc) is 3.11. The molecule has 3 aromatic rings. The van der Waals surface area contributed by atoms with Gasteiger partial charge in [0.15, 0.2) is 0 Å². The number of rotatable bonds is 4. The van der Waals surface area contributed by atoms with Crippen LogP contribution in [0, 0.1) is 12.8 Å². The van der Waals surface area contributed by atoms with Crippen LogP contribution in [0.5, 0.6) is 0 Å². The highest BCUT2D eigenvalue weighted by atomic mass is 16.1. The molecule has 5 nitrogen and oxygen atoms in total. The monoisotopic (exact) mass is 348 g/mol. The van der Waals surface area contributed by atoms with Gasteiger partial charge in [-0.25, -0.2) is 4.98 Å². The van der Waals surface area contributed by atoms with Crippen LogP contribution in [0.25, 0.3) is 11.0 Å². The number of aryl methyl sites for hydroxylation is 1. The summed E-state index contributed by atoms with van der Waals surface area (Å²) in [4.78, 5) is 22.9. The predicted molar refractivity (Wildman–Crippen MR) is 104 cm³/mol. The van der Waals surface area contributed by atoms with Crippen molar-refractivity contribution in [3.63, 3.8) is 0 Å². The van der Waals surface area contributed by atoms with Crippen molar-refractivity contribution in [3.05, 3.63) is 59.7 Å². The van der Waals surface area contributed by atoms with Crippen LogP contribution in [0.1, 0.15) is 24.0 Å². The van der Waals surface area contributed by atoms with Crippen molar-refractivity contribution in [1.29, 1.82) is 0 Å². The molecule has 2 heterocycles. The molecule has 5 heteroatoms. The number of aromatic amines is 1. The zero-order chi connectivity index (χ0) is 17.9. The van der Waals surface area contributed by atoms with Crippen LogP contribution < -0.4 is 10.2 Å². The first-order valence-corrected chi connectivity index (χ1v) is 9.22. The molecule has 1 atom stereocenters. The Labute approximate surface area is 153 Å². The molecule has 0 spiro atoms. The fraction of sp³-hybridized carbons (Fsp3) is 0.333. The Kier molecular flexibility index (Phi) is 4.61. The van der Waals surface area contributed by atoms with Gasteiger partial charge in [-0.15, -0.1) is 0 Å². The van der Waals surface area contributed by atoms with Crippen LogP contribution in [-0.4, -0.2) is 29.0 Å². The van der Waals surface area contributed by atoms with Crippen molar-refractivity contribution >= 4 is 22.9 Å². The van der Waals surface area contributed by atoms with Gasteiger partial charge in [-0.2, -0.15) is 0 Å². The summed E-state index contributed by atoms with van der Waals surface area (Å²) in [5.41, 5.74) is 4.38. The van der Waals surface area contributed by atoms with Gasteiger partial charge in [-0.05, 0) is 43.0 Å².